The third kappa shape index (κ3) is 2.62. The normalized spacial score (nSPS) is 22.2. The van der Waals surface area contributed by atoms with Gasteiger partial charge in [0.05, 0.1) is 11.8 Å². The highest BCUT2D eigenvalue weighted by molar-refractivity contribution is 9.10. The molecular formula is C10H11BrN2O2S. The number of rotatable bonds is 2. The summed E-state index contributed by atoms with van der Waals surface area (Å²) >= 11 is 3.33. The van der Waals surface area contributed by atoms with Crippen molar-refractivity contribution in [2.75, 3.05) is 11.1 Å². The lowest BCUT2D eigenvalue weighted by Crippen LogP contribution is -2.22. The summed E-state index contributed by atoms with van der Waals surface area (Å²) in [4.78, 5) is 4.20. The first-order chi connectivity index (χ1) is 7.46. The van der Waals surface area contributed by atoms with Crippen molar-refractivity contribution in [2.45, 2.75) is 13.0 Å². The molecular weight excluding hydrogens is 292 g/mol. The van der Waals surface area contributed by atoms with E-state index in [1.807, 2.05) is 13.0 Å². The van der Waals surface area contributed by atoms with Crippen LogP contribution in [0.15, 0.2) is 28.2 Å². The van der Waals surface area contributed by atoms with Crippen LogP contribution in [0.5, 0.6) is 0 Å². The van der Waals surface area contributed by atoms with E-state index < -0.39 is 9.84 Å². The van der Waals surface area contributed by atoms with Gasteiger partial charge in [-0.3, -0.25) is 0 Å². The summed E-state index contributed by atoms with van der Waals surface area (Å²) in [7, 11) is -3.02. The Morgan fingerprint density at radius 2 is 2.31 bits per heavy atom. The van der Waals surface area contributed by atoms with Gasteiger partial charge in [-0.15, -0.1) is 0 Å². The minimum Gasteiger partial charge on any atom is -0.363 e. The van der Waals surface area contributed by atoms with Gasteiger partial charge in [-0.25, -0.2) is 13.4 Å². The van der Waals surface area contributed by atoms with Crippen LogP contribution in [-0.4, -0.2) is 25.2 Å². The maximum absolute atomic E-state index is 11.2. The summed E-state index contributed by atoms with van der Waals surface area (Å²) in [5, 5.41) is 4.34. The van der Waals surface area contributed by atoms with Crippen molar-refractivity contribution >= 4 is 31.6 Å². The Morgan fingerprint density at radius 3 is 2.88 bits per heavy atom. The van der Waals surface area contributed by atoms with Crippen molar-refractivity contribution in [3.05, 3.63) is 33.8 Å². The molecule has 0 spiro atoms. The molecule has 1 aromatic heterocycles. The molecule has 0 aliphatic carbocycles. The molecule has 1 atom stereocenters. The lowest BCUT2D eigenvalue weighted by atomic mass is 10.2. The molecule has 0 saturated carbocycles. The standard InChI is InChI=1S/C10H11BrN2O2S/c1-7-4-8(11)5-12-10(7)13-9-2-3-16(14,15)6-9/h2-5,9H,6H2,1H3,(H,12,13). The Labute approximate surface area is 103 Å². The van der Waals surface area contributed by atoms with Crippen LogP contribution in [0.1, 0.15) is 5.56 Å². The van der Waals surface area contributed by atoms with Gasteiger partial charge in [0.25, 0.3) is 0 Å². The molecule has 1 unspecified atom stereocenters. The van der Waals surface area contributed by atoms with Crippen LogP contribution in [0, 0.1) is 6.92 Å². The molecule has 1 aliphatic heterocycles. The number of halogens is 1. The highest BCUT2D eigenvalue weighted by atomic mass is 79.9. The predicted molar refractivity (Wildman–Crippen MR) is 67.0 cm³/mol. The van der Waals surface area contributed by atoms with Crippen LogP contribution in [0.2, 0.25) is 0 Å². The van der Waals surface area contributed by atoms with E-state index in [1.54, 1.807) is 12.3 Å². The second-order valence-electron chi connectivity index (χ2n) is 3.73. The molecule has 86 valence electrons. The van der Waals surface area contributed by atoms with Gasteiger partial charge in [0, 0.05) is 16.1 Å². The number of aryl methyl sites for hydroxylation is 1. The number of hydrogen-bond donors (Lipinski definition) is 1. The number of pyridine rings is 1. The molecule has 0 aromatic carbocycles. The van der Waals surface area contributed by atoms with Gasteiger partial charge in [-0.1, -0.05) is 0 Å². The van der Waals surface area contributed by atoms with Gasteiger partial charge >= 0.3 is 0 Å². The Morgan fingerprint density at radius 1 is 1.56 bits per heavy atom. The molecule has 0 radical (unpaired) electrons. The van der Waals surface area contributed by atoms with Crippen molar-refractivity contribution in [3.63, 3.8) is 0 Å². The molecule has 6 heteroatoms. The molecule has 4 nitrogen and oxygen atoms in total. The average Bonchev–Trinajstić information content (AvgIpc) is 2.51. The molecule has 2 rings (SSSR count). The minimum absolute atomic E-state index is 0.101. The minimum atomic E-state index is -3.02. The van der Waals surface area contributed by atoms with Crippen LogP contribution in [0.3, 0.4) is 0 Å². The maximum Gasteiger partial charge on any atom is 0.173 e. The molecule has 16 heavy (non-hydrogen) atoms. The maximum atomic E-state index is 11.2. The third-order valence-electron chi connectivity index (χ3n) is 2.30. The molecule has 0 bridgehead atoms. The Kier molecular flexibility index (Phi) is 3.03. The van der Waals surface area contributed by atoms with E-state index in [0.717, 1.165) is 15.9 Å². The Hall–Kier alpha value is -0.880. The van der Waals surface area contributed by atoms with Crippen molar-refractivity contribution in [3.8, 4) is 0 Å². The summed E-state index contributed by atoms with van der Waals surface area (Å²) < 4.78 is 23.3. The summed E-state index contributed by atoms with van der Waals surface area (Å²) in [6.45, 7) is 1.92. The second-order valence-corrected chi connectivity index (χ2v) is 6.57. The molecule has 0 fully saturated rings. The SMILES string of the molecule is Cc1cc(Br)cnc1NC1C=CS(=O)(=O)C1. The van der Waals surface area contributed by atoms with Crippen molar-refractivity contribution < 1.29 is 8.42 Å². The zero-order valence-electron chi connectivity index (χ0n) is 8.64. The predicted octanol–water partition coefficient (Wildman–Crippen LogP) is 1.88. The van der Waals surface area contributed by atoms with Gasteiger partial charge in [0.15, 0.2) is 9.84 Å². The van der Waals surface area contributed by atoms with Gasteiger partial charge in [-0.05, 0) is 40.6 Å². The molecule has 1 aromatic rings. The number of anilines is 1. The Bertz CT molecular complexity index is 540. The van der Waals surface area contributed by atoms with Crippen LogP contribution in [-0.2, 0) is 9.84 Å². The highest BCUT2D eigenvalue weighted by Gasteiger charge is 2.21. The van der Waals surface area contributed by atoms with E-state index in [4.69, 9.17) is 0 Å². The fourth-order valence-electron chi connectivity index (χ4n) is 1.53. The quantitative estimate of drug-likeness (QED) is 0.906. The van der Waals surface area contributed by atoms with Crippen molar-refractivity contribution in [1.82, 2.24) is 4.98 Å². The van der Waals surface area contributed by atoms with E-state index in [2.05, 4.69) is 26.2 Å². The van der Waals surface area contributed by atoms with Gasteiger partial charge in [0.1, 0.15) is 5.82 Å². The highest BCUT2D eigenvalue weighted by Crippen LogP contribution is 2.19. The van der Waals surface area contributed by atoms with Gasteiger partial charge in [-0.2, -0.15) is 0 Å². The smallest absolute Gasteiger partial charge is 0.173 e. The fourth-order valence-corrected chi connectivity index (χ4v) is 3.21. The topological polar surface area (TPSA) is 59.1 Å². The summed E-state index contributed by atoms with van der Waals surface area (Å²) in [5.41, 5.74) is 0.979. The van der Waals surface area contributed by atoms with Crippen LogP contribution in [0.25, 0.3) is 0 Å². The molecule has 1 aliphatic rings. The number of sulfone groups is 1. The van der Waals surface area contributed by atoms with Crippen LogP contribution < -0.4 is 5.32 Å². The first-order valence-electron chi connectivity index (χ1n) is 4.76. The Balaban J connectivity index is 2.14. The first kappa shape index (κ1) is 11.6. The molecule has 2 heterocycles. The zero-order valence-corrected chi connectivity index (χ0v) is 11.0. The molecule has 0 saturated heterocycles. The molecule has 0 amide bonds. The number of aromatic nitrogens is 1. The van der Waals surface area contributed by atoms with E-state index in [0.29, 0.717) is 0 Å². The van der Waals surface area contributed by atoms with Gasteiger partial charge in [0.2, 0.25) is 0 Å². The second kappa shape index (κ2) is 4.18. The van der Waals surface area contributed by atoms with Crippen molar-refractivity contribution in [1.29, 1.82) is 0 Å². The molecule has 1 N–H and O–H groups in total. The fraction of sp³-hybridized carbons (Fsp3) is 0.300. The summed E-state index contributed by atoms with van der Waals surface area (Å²) in [6, 6.07) is 1.75. The monoisotopic (exact) mass is 302 g/mol. The number of nitrogens with one attached hydrogen (secondary N) is 1. The summed E-state index contributed by atoms with van der Waals surface area (Å²) in [6.07, 6.45) is 3.33. The third-order valence-corrected chi connectivity index (χ3v) is 4.13. The van der Waals surface area contributed by atoms with Gasteiger partial charge < -0.3 is 5.32 Å². The van der Waals surface area contributed by atoms with E-state index in [-0.39, 0.29) is 11.8 Å². The van der Waals surface area contributed by atoms with E-state index in [1.165, 1.54) is 5.41 Å². The van der Waals surface area contributed by atoms with Crippen LogP contribution >= 0.6 is 15.9 Å². The lowest BCUT2D eigenvalue weighted by molar-refractivity contribution is 0.605. The number of hydrogen-bond acceptors (Lipinski definition) is 4. The largest absolute Gasteiger partial charge is 0.363 e. The number of nitrogens with zero attached hydrogens (tertiary/aromatic N) is 1. The average molecular weight is 303 g/mol. The summed E-state index contributed by atoms with van der Waals surface area (Å²) in [5.74, 6) is 0.819. The lowest BCUT2D eigenvalue weighted by Gasteiger charge is -2.12. The van der Waals surface area contributed by atoms with E-state index in [9.17, 15) is 8.42 Å². The van der Waals surface area contributed by atoms with Crippen LogP contribution in [0.4, 0.5) is 5.82 Å². The van der Waals surface area contributed by atoms with Crippen molar-refractivity contribution in [2.24, 2.45) is 0 Å². The van der Waals surface area contributed by atoms with E-state index >= 15 is 0 Å². The zero-order chi connectivity index (χ0) is 11.8. The first-order valence-corrected chi connectivity index (χ1v) is 7.27.